The van der Waals surface area contributed by atoms with Crippen molar-refractivity contribution in [2.45, 2.75) is 38.6 Å². The Morgan fingerprint density at radius 1 is 1.46 bits per heavy atom. The highest BCUT2D eigenvalue weighted by atomic mass is 32.2. The van der Waals surface area contributed by atoms with Crippen LogP contribution in [0.1, 0.15) is 49.0 Å². The van der Waals surface area contributed by atoms with Crippen LogP contribution in [0.2, 0.25) is 0 Å². The van der Waals surface area contributed by atoms with Gasteiger partial charge in [0.05, 0.1) is 5.54 Å². The molecule has 6 heteroatoms. The Bertz CT molecular complexity index is 606. The number of aliphatic imine (C=N–C) groups is 1. The highest BCUT2D eigenvalue weighted by Crippen LogP contribution is 2.35. The molecule has 1 atom stereocenters. The third-order valence-electron chi connectivity index (χ3n) is 4.37. The van der Waals surface area contributed by atoms with Crippen LogP contribution in [0, 0.1) is 0 Å². The molecule has 24 heavy (non-hydrogen) atoms. The fraction of sp³-hybridized carbons (Fsp3) is 0.556. The Morgan fingerprint density at radius 2 is 2.25 bits per heavy atom. The molecule has 0 saturated carbocycles. The van der Waals surface area contributed by atoms with Crippen LogP contribution >= 0.6 is 24.4 Å². The molecule has 4 nitrogen and oxygen atoms in total. The van der Waals surface area contributed by atoms with E-state index in [1.165, 1.54) is 0 Å². The summed E-state index contributed by atoms with van der Waals surface area (Å²) < 4.78 is 0. The largest absolute Gasteiger partial charge is 0.379 e. The van der Waals surface area contributed by atoms with Crippen LogP contribution in [0.3, 0.4) is 0 Å². The Hall–Kier alpha value is -1.14. The minimum Gasteiger partial charge on any atom is -0.379 e. The monoisotopic (exact) mass is 365 g/mol. The lowest BCUT2D eigenvalue weighted by atomic mass is 9.88. The van der Waals surface area contributed by atoms with Gasteiger partial charge in [0.2, 0.25) is 0 Å². The van der Waals surface area contributed by atoms with Gasteiger partial charge in [0, 0.05) is 30.2 Å². The molecule has 1 aliphatic heterocycles. The van der Waals surface area contributed by atoms with Crippen LogP contribution in [0.15, 0.2) is 29.3 Å². The van der Waals surface area contributed by atoms with E-state index in [2.05, 4.69) is 31.5 Å². The van der Waals surface area contributed by atoms with Gasteiger partial charge in [-0.25, -0.2) is 0 Å². The van der Waals surface area contributed by atoms with E-state index in [-0.39, 0.29) is 11.4 Å². The first-order valence-electron chi connectivity index (χ1n) is 8.49. The molecular weight excluding hydrogens is 338 g/mol. The van der Waals surface area contributed by atoms with Crippen molar-refractivity contribution in [3.8, 4) is 0 Å². The summed E-state index contributed by atoms with van der Waals surface area (Å²) in [6.45, 7) is 5.67. The highest BCUT2D eigenvalue weighted by molar-refractivity contribution is 8.13. The zero-order chi connectivity index (χ0) is 17.6. The second-order valence-corrected chi connectivity index (χ2v) is 7.83. The zero-order valence-corrected chi connectivity index (χ0v) is 16.2. The fourth-order valence-corrected chi connectivity index (χ4v) is 4.07. The molecule has 1 aromatic rings. The van der Waals surface area contributed by atoms with Gasteiger partial charge >= 0.3 is 0 Å². The van der Waals surface area contributed by atoms with Crippen molar-refractivity contribution in [3.63, 3.8) is 0 Å². The summed E-state index contributed by atoms with van der Waals surface area (Å²) in [5, 5.41) is 0.625. The molecule has 0 radical (unpaired) electrons. The zero-order valence-electron chi connectivity index (χ0n) is 14.5. The number of nitrogens with zero attached hydrogens (tertiary/aromatic N) is 2. The molecule has 1 heterocycles. The smallest absolute Gasteiger partial charge is 0.253 e. The van der Waals surface area contributed by atoms with E-state index < -0.39 is 0 Å². The molecule has 1 unspecified atom stereocenters. The lowest BCUT2D eigenvalue weighted by Crippen LogP contribution is -2.34. The van der Waals surface area contributed by atoms with Gasteiger partial charge in [0.1, 0.15) is 0 Å². The molecule has 0 spiro atoms. The topological polar surface area (TPSA) is 58.7 Å². The minimum atomic E-state index is -0.344. The molecular formula is C18H27N3OS2. The summed E-state index contributed by atoms with van der Waals surface area (Å²) in [6, 6.07) is 7.85. The number of amides is 1. The van der Waals surface area contributed by atoms with Crippen LogP contribution in [0.4, 0.5) is 0 Å². The molecule has 132 valence electrons. The van der Waals surface area contributed by atoms with Crippen LogP contribution in [-0.4, -0.2) is 40.6 Å². The van der Waals surface area contributed by atoms with E-state index in [9.17, 15) is 4.79 Å². The van der Waals surface area contributed by atoms with Crippen molar-refractivity contribution >= 4 is 35.5 Å². The van der Waals surface area contributed by atoms with Gasteiger partial charge in [-0.15, -0.1) is 0 Å². The summed E-state index contributed by atoms with van der Waals surface area (Å²) in [5.41, 5.74) is 7.35. The number of rotatable bonds is 7. The van der Waals surface area contributed by atoms with Crippen molar-refractivity contribution in [1.82, 2.24) is 4.90 Å². The predicted octanol–water partition coefficient (Wildman–Crippen LogP) is 3.53. The van der Waals surface area contributed by atoms with Gasteiger partial charge in [-0.1, -0.05) is 37.2 Å². The van der Waals surface area contributed by atoms with E-state index in [0.717, 1.165) is 42.7 Å². The summed E-state index contributed by atoms with van der Waals surface area (Å²) in [6.07, 6.45) is 3.00. The van der Waals surface area contributed by atoms with Crippen molar-refractivity contribution in [1.29, 1.82) is 0 Å². The summed E-state index contributed by atoms with van der Waals surface area (Å²) in [4.78, 5) is 19.4. The van der Waals surface area contributed by atoms with Gasteiger partial charge in [-0.05, 0) is 37.5 Å². The number of hydrogen-bond donors (Lipinski definition) is 2. The van der Waals surface area contributed by atoms with E-state index >= 15 is 0 Å². The Labute approximate surface area is 154 Å². The number of thioether (sulfide) groups is 1. The van der Waals surface area contributed by atoms with Gasteiger partial charge in [0.25, 0.3) is 5.91 Å². The quantitative estimate of drug-likeness (QED) is 0.727. The maximum Gasteiger partial charge on any atom is 0.253 e. The summed E-state index contributed by atoms with van der Waals surface area (Å²) in [7, 11) is 0. The van der Waals surface area contributed by atoms with Crippen LogP contribution in [0.25, 0.3) is 0 Å². The number of unbranched alkanes of at least 4 members (excludes halogenated alkanes) is 1. The van der Waals surface area contributed by atoms with Crippen molar-refractivity contribution in [2.24, 2.45) is 10.7 Å². The van der Waals surface area contributed by atoms with Gasteiger partial charge in [0.15, 0.2) is 5.17 Å². The average Bonchev–Trinajstić information content (AvgIpc) is 2.58. The van der Waals surface area contributed by atoms with Crippen molar-refractivity contribution in [2.75, 3.05) is 24.6 Å². The maximum absolute atomic E-state index is 12.9. The SMILES string of the molecule is CCCCN(CCS)C(=O)c1cccc(C2(C)CCSC(N)=N2)c1. The number of thiol groups is 1. The van der Waals surface area contributed by atoms with E-state index in [1.54, 1.807) is 11.8 Å². The van der Waals surface area contributed by atoms with Gasteiger partial charge in [-0.2, -0.15) is 12.6 Å². The second-order valence-electron chi connectivity index (χ2n) is 6.27. The summed E-state index contributed by atoms with van der Waals surface area (Å²) in [5.74, 6) is 1.70. The van der Waals surface area contributed by atoms with E-state index in [1.807, 2.05) is 29.2 Å². The number of carbonyl (C=O) groups excluding carboxylic acids is 1. The third-order valence-corrected chi connectivity index (χ3v) is 5.36. The fourth-order valence-electron chi connectivity index (χ4n) is 2.85. The number of carbonyl (C=O) groups is 1. The Kier molecular flexibility index (Phi) is 7.04. The minimum absolute atomic E-state index is 0.0742. The molecule has 0 fully saturated rings. The van der Waals surface area contributed by atoms with Crippen LogP contribution in [0.5, 0.6) is 0 Å². The molecule has 2 N–H and O–H groups in total. The third kappa shape index (κ3) is 4.70. The van der Waals surface area contributed by atoms with Crippen molar-refractivity contribution < 1.29 is 4.79 Å². The standard InChI is InChI=1S/C18H27N3OS2/c1-3-4-9-21(10-11-23)16(22)14-6-5-7-15(13-14)18(2)8-12-24-17(19)20-18/h5-7,13,23H,3-4,8-12H2,1-2H3,(H2,19,20). The number of nitrogens with two attached hydrogens (primary N) is 1. The highest BCUT2D eigenvalue weighted by Gasteiger charge is 2.30. The van der Waals surface area contributed by atoms with E-state index in [4.69, 9.17) is 5.73 Å². The number of hydrogen-bond acceptors (Lipinski definition) is 5. The second kappa shape index (κ2) is 8.81. The molecule has 0 saturated heterocycles. The lowest BCUT2D eigenvalue weighted by molar-refractivity contribution is 0.0764. The Morgan fingerprint density at radius 3 is 2.92 bits per heavy atom. The lowest BCUT2D eigenvalue weighted by Gasteiger charge is -2.30. The van der Waals surface area contributed by atoms with Crippen molar-refractivity contribution in [3.05, 3.63) is 35.4 Å². The Balaban J connectivity index is 2.25. The van der Waals surface area contributed by atoms with Gasteiger partial charge < -0.3 is 10.6 Å². The molecule has 1 amide bonds. The predicted molar refractivity (Wildman–Crippen MR) is 107 cm³/mol. The molecule has 0 aromatic heterocycles. The normalized spacial score (nSPS) is 20.5. The van der Waals surface area contributed by atoms with E-state index in [0.29, 0.717) is 17.5 Å². The first kappa shape index (κ1) is 19.2. The summed E-state index contributed by atoms with van der Waals surface area (Å²) >= 11 is 5.88. The van der Waals surface area contributed by atoms with Gasteiger partial charge in [-0.3, -0.25) is 9.79 Å². The van der Waals surface area contributed by atoms with Crippen LogP contribution in [-0.2, 0) is 5.54 Å². The molecule has 1 aromatic carbocycles. The average molecular weight is 366 g/mol. The number of amidine groups is 1. The van der Waals surface area contributed by atoms with Crippen LogP contribution < -0.4 is 5.73 Å². The molecule has 0 bridgehead atoms. The molecule has 0 aliphatic carbocycles. The maximum atomic E-state index is 12.9. The number of benzene rings is 1. The molecule has 2 rings (SSSR count). The molecule has 1 aliphatic rings. The first-order valence-corrected chi connectivity index (χ1v) is 10.1. The first-order chi connectivity index (χ1) is 11.5.